The normalized spacial score (nSPS) is 11.8. The number of oxime groups is 1. The third-order valence-corrected chi connectivity index (χ3v) is 2.88. The van der Waals surface area contributed by atoms with E-state index in [2.05, 4.69) is 10.3 Å². The predicted octanol–water partition coefficient (Wildman–Crippen LogP) is 0.0330. The van der Waals surface area contributed by atoms with E-state index in [1.807, 2.05) is 20.2 Å². The average Bonchev–Trinajstić information content (AvgIpc) is 2.79. The third kappa shape index (κ3) is 2.49. The van der Waals surface area contributed by atoms with Gasteiger partial charge >= 0.3 is 0 Å². The number of hydrogen-bond acceptors (Lipinski definition) is 4. The predicted molar refractivity (Wildman–Crippen MR) is 70.3 cm³/mol. The largest absolute Gasteiger partial charge is 0.409 e. The number of aryl methyl sites for hydroxylation is 2. The molecule has 0 amide bonds. The van der Waals surface area contributed by atoms with E-state index in [1.54, 1.807) is 27.6 Å². The lowest BCUT2D eigenvalue weighted by Crippen LogP contribution is -2.31. The number of nitrogens with zero attached hydrogens (tertiary/aromatic N) is 4. The molecular weight excluding hydrogens is 246 g/mol. The number of hydrogen-bond donors (Lipinski definition) is 2. The van der Waals surface area contributed by atoms with E-state index in [1.165, 1.54) is 0 Å². The molecule has 0 aliphatic carbocycles. The molecule has 19 heavy (non-hydrogen) atoms. The molecule has 0 atom stereocenters. The molecule has 0 bridgehead atoms. The standard InChI is InChI=1S/C12H15N5O2/c1-8-3-4-10(11(13)15-19)12(18)17(8)7-9-5-14-16(2)6-9/h3-6,19H,7H2,1-2H3,(H2,13,15). The topological polar surface area (TPSA) is 98.4 Å². The van der Waals surface area contributed by atoms with Crippen LogP contribution in [0.5, 0.6) is 0 Å². The summed E-state index contributed by atoms with van der Waals surface area (Å²) in [6.07, 6.45) is 3.53. The fourth-order valence-electron chi connectivity index (χ4n) is 1.85. The van der Waals surface area contributed by atoms with Crippen molar-refractivity contribution in [2.75, 3.05) is 0 Å². The lowest BCUT2D eigenvalue weighted by atomic mass is 10.2. The molecule has 2 heterocycles. The Morgan fingerprint density at radius 3 is 2.84 bits per heavy atom. The molecular formula is C12H15N5O2. The Labute approximate surface area is 109 Å². The van der Waals surface area contributed by atoms with Crippen LogP contribution in [0.2, 0.25) is 0 Å². The first-order valence-corrected chi connectivity index (χ1v) is 5.69. The van der Waals surface area contributed by atoms with Gasteiger partial charge in [0.25, 0.3) is 5.56 Å². The van der Waals surface area contributed by atoms with Gasteiger partial charge in [0.05, 0.1) is 18.3 Å². The van der Waals surface area contributed by atoms with E-state index < -0.39 is 0 Å². The van der Waals surface area contributed by atoms with Crippen molar-refractivity contribution in [1.82, 2.24) is 14.3 Å². The fourth-order valence-corrected chi connectivity index (χ4v) is 1.85. The molecule has 0 fully saturated rings. The molecule has 0 aliphatic heterocycles. The maximum Gasteiger partial charge on any atom is 0.262 e. The van der Waals surface area contributed by atoms with Crippen LogP contribution >= 0.6 is 0 Å². The quantitative estimate of drug-likeness (QED) is 0.352. The summed E-state index contributed by atoms with van der Waals surface area (Å²) in [4.78, 5) is 12.3. The molecule has 2 aromatic heterocycles. The van der Waals surface area contributed by atoms with Gasteiger partial charge in [0.2, 0.25) is 0 Å². The first-order valence-electron chi connectivity index (χ1n) is 5.69. The van der Waals surface area contributed by atoms with Gasteiger partial charge in [-0.15, -0.1) is 0 Å². The van der Waals surface area contributed by atoms with Gasteiger partial charge in [-0.25, -0.2) is 0 Å². The van der Waals surface area contributed by atoms with Crippen LogP contribution in [-0.2, 0) is 13.6 Å². The number of amidine groups is 1. The van der Waals surface area contributed by atoms with Crippen molar-refractivity contribution in [1.29, 1.82) is 0 Å². The molecule has 7 heteroatoms. The van der Waals surface area contributed by atoms with Gasteiger partial charge in [0.15, 0.2) is 5.84 Å². The zero-order valence-corrected chi connectivity index (χ0v) is 10.7. The Morgan fingerprint density at radius 2 is 2.26 bits per heavy atom. The van der Waals surface area contributed by atoms with Crippen LogP contribution in [0.25, 0.3) is 0 Å². The highest BCUT2D eigenvalue weighted by atomic mass is 16.4. The summed E-state index contributed by atoms with van der Waals surface area (Å²) in [5, 5.41) is 15.6. The summed E-state index contributed by atoms with van der Waals surface area (Å²) in [6, 6.07) is 3.30. The molecule has 0 aliphatic rings. The molecule has 3 N–H and O–H groups in total. The Morgan fingerprint density at radius 1 is 1.53 bits per heavy atom. The van der Waals surface area contributed by atoms with Crippen molar-refractivity contribution in [3.05, 3.63) is 51.7 Å². The first-order chi connectivity index (χ1) is 9.02. The minimum atomic E-state index is -0.292. The van der Waals surface area contributed by atoms with Gasteiger partial charge in [-0.2, -0.15) is 5.10 Å². The van der Waals surface area contributed by atoms with Crippen LogP contribution in [0.3, 0.4) is 0 Å². The van der Waals surface area contributed by atoms with Crippen molar-refractivity contribution in [2.45, 2.75) is 13.5 Å². The highest BCUT2D eigenvalue weighted by Gasteiger charge is 2.11. The second kappa shape index (κ2) is 4.97. The second-order valence-electron chi connectivity index (χ2n) is 4.29. The average molecular weight is 261 g/mol. The van der Waals surface area contributed by atoms with Gasteiger partial charge in [-0.3, -0.25) is 9.48 Å². The summed E-state index contributed by atoms with van der Waals surface area (Å²) < 4.78 is 3.23. The van der Waals surface area contributed by atoms with Gasteiger partial charge in [0.1, 0.15) is 0 Å². The van der Waals surface area contributed by atoms with Crippen molar-refractivity contribution < 1.29 is 5.21 Å². The van der Waals surface area contributed by atoms with E-state index in [4.69, 9.17) is 10.9 Å². The smallest absolute Gasteiger partial charge is 0.262 e. The van der Waals surface area contributed by atoms with Crippen LogP contribution in [0.15, 0.2) is 34.5 Å². The maximum atomic E-state index is 12.3. The number of rotatable bonds is 3. The van der Waals surface area contributed by atoms with Crippen LogP contribution in [-0.4, -0.2) is 25.4 Å². The molecule has 7 nitrogen and oxygen atoms in total. The second-order valence-corrected chi connectivity index (χ2v) is 4.29. The minimum absolute atomic E-state index is 0.178. The minimum Gasteiger partial charge on any atom is -0.409 e. The molecule has 100 valence electrons. The molecule has 0 saturated carbocycles. The van der Waals surface area contributed by atoms with E-state index >= 15 is 0 Å². The van der Waals surface area contributed by atoms with Gasteiger partial charge in [-0.05, 0) is 19.1 Å². The van der Waals surface area contributed by atoms with Crippen LogP contribution < -0.4 is 11.3 Å². The zero-order chi connectivity index (χ0) is 14.0. The SMILES string of the molecule is Cc1ccc(/C(N)=N/O)c(=O)n1Cc1cnn(C)c1. The number of aromatic nitrogens is 3. The highest BCUT2D eigenvalue weighted by Crippen LogP contribution is 2.04. The Balaban J connectivity index is 2.48. The Hall–Kier alpha value is -2.57. The van der Waals surface area contributed by atoms with Crippen molar-refractivity contribution in [3.8, 4) is 0 Å². The van der Waals surface area contributed by atoms with E-state index in [0.29, 0.717) is 6.54 Å². The lowest BCUT2D eigenvalue weighted by molar-refractivity contribution is 0.318. The zero-order valence-electron chi connectivity index (χ0n) is 10.7. The molecule has 2 rings (SSSR count). The fraction of sp³-hybridized carbons (Fsp3) is 0.250. The summed E-state index contributed by atoms with van der Waals surface area (Å²) in [5.74, 6) is -0.190. The van der Waals surface area contributed by atoms with Crippen molar-refractivity contribution >= 4 is 5.84 Å². The number of pyridine rings is 1. The van der Waals surface area contributed by atoms with Crippen LogP contribution in [0, 0.1) is 6.92 Å². The van der Waals surface area contributed by atoms with E-state index in [0.717, 1.165) is 11.3 Å². The maximum absolute atomic E-state index is 12.3. The lowest BCUT2D eigenvalue weighted by Gasteiger charge is -2.10. The summed E-state index contributed by atoms with van der Waals surface area (Å²) >= 11 is 0. The summed E-state index contributed by atoms with van der Waals surface area (Å²) in [5.41, 5.74) is 7.07. The molecule has 0 saturated heterocycles. The summed E-state index contributed by atoms with van der Waals surface area (Å²) in [7, 11) is 1.81. The van der Waals surface area contributed by atoms with Crippen molar-refractivity contribution in [3.63, 3.8) is 0 Å². The van der Waals surface area contributed by atoms with E-state index in [-0.39, 0.29) is 17.0 Å². The molecule has 0 spiro atoms. The first kappa shape index (κ1) is 12.9. The molecule has 0 unspecified atom stereocenters. The van der Waals surface area contributed by atoms with Gasteiger partial charge < -0.3 is 15.5 Å². The molecule has 0 aromatic carbocycles. The third-order valence-electron chi connectivity index (χ3n) is 2.88. The van der Waals surface area contributed by atoms with Gasteiger partial charge in [0, 0.05) is 24.5 Å². The highest BCUT2D eigenvalue weighted by molar-refractivity contribution is 5.96. The van der Waals surface area contributed by atoms with Crippen LogP contribution in [0.1, 0.15) is 16.8 Å². The molecule has 2 aromatic rings. The van der Waals surface area contributed by atoms with Crippen molar-refractivity contribution in [2.24, 2.45) is 17.9 Å². The number of nitrogens with two attached hydrogens (primary N) is 1. The van der Waals surface area contributed by atoms with Crippen LogP contribution in [0.4, 0.5) is 0 Å². The van der Waals surface area contributed by atoms with Gasteiger partial charge in [-0.1, -0.05) is 5.16 Å². The Kier molecular flexibility index (Phi) is 3.37. The monoisotopic (exact) mass is 261 g/mol. The Bertz CT molecular complexity index is 684. The summed E-state index contributed by atoms with van der Waals surface area (Å²) in [6.45, 7) is 2.22. The van der Waals surface area contributed by atoms with E-state index in [9.17, 15) is 4.79 Å². The molecule has 0 radical (unpaired) electrons.